The van der Waals surface area contributed by atoms with Gasteiger partial charge in [0.1, 0.15) is 23.5 Å². The van der Waals surface area contributed by atoms with Crippen molar-refractivity contribution in [2.45, 2.75) is 38.8 Å². The Balaban J connectivity index is 1.61. The molecule has 0 unspecified atom stereocenters. The van der Waals surface area contributed by atoms with Crippen LogP contribution in [0.1, 0.15) is 36.1 Å². The first kappa shape index (κ1) is 25.8. The molecular weight excluding hydrogens is 477 g/mol. The quantitative estimate of drug-likeness (QED) is 0.474. The van der Waals surface area contributed by atoms with Crippen molar-refractivity contribution in [1.29, 1.82) is 0 Å². The summed E-state index contributed by atoms with van der Waals surface area (Å²) in [6.07, 6.45) is 3.82. The Morgan fingerprint density at radius 3 is 2.59 bits per heavy atom. The summed E-state index contributed by atoms with van der Waals surface area (Å²) in [5.74, 6) is -1.17. The number of pyridine rings is 1. The molecular formula is C26H30FN7O3. The van der Waals surface area contributed by atoms with Crippen LogP contribution in [0.4, 0.5) is 20.8 Å². The molecule has 4 amide bonds. The van der Waals surface area contributed by atoms with Crippen LogP contribution in [-0.4, -0.2) is 50.6 Å². The topological polar surface area (TPSA) is 126 Å². The SMILES string of the molecule is CC[C@@H](NC(=O)N1C(=O)[C@H](Cc2ccnc(N)c2)[C@H]1C(=O)N(C)c1ccnn1C)c1ccc(F)c(C)c1. The van der Waals surface area contributed by atoms with Gasteiger partial charge in [-0.2, -0.15) is 5.10 Å². The van der Waals surface area contributed by atoms with Crippen LogP contribution in [-0.2, 0) is 23.1 Å². The molecule has 1 fully saturated rings. The number of aryl methyl sites for hydroxylation is 2. The number of rotatable bonds is 7. The number of aromatic nitrogens is 3. The maximum absolute atomic E-state index is 13.8. The zero-order valence-corrected chi connectivity index (χ0v) is 21.2. The summed E-state index contributed by atoms with van der Waals surface area (Å²) in [5.41, 5.74) is 7.69. The lowest BCUT2D eigenvalue weighted by Gasteiger charge is -2.46. The number of nitrogens with two attached hydrogens (primary N) is 1. The van der Waals surface area contributed by atoms with Crippen LogP contribution in [0, 0.1) is 18.7 Å². The minimum atomic E-state index is -1.03. The monoisotopic (exact) mass is 507 g/mol. The molecule has 3 heterocycles. The maximum atomic E-state index is 13.8. The third-order valence-corrected chi connectivity index (χ3v) is 6.75. The minimum Gasteiger partial charge on any atom is -0.384 e. The molecule has 3 aromatic rings. The Labute approximate surface area is 214 Å². The summed E-state index contributed by atoms with van der Waals surface area (Å²) in [7, 11) is 3.28. The zero-order chi connectivity index (χ0) is 26.9. The van der Waals surface area contributed by atoms with Gasteiger partial charge in [0, 0.05) is 26.4 Å². The Kier molecular flexibility index (Phi) is 7.23. The molecule has 194 valence electrons. The van der Waals surface area contributed by atoms with E-state index in [0.717, 1.165) is 10.5 Å². The molecule has 0 aliphatic carbocycles. The molecule has 1 aliphatic rings. The fourth-order valence-corrected chi connectivity index (χ4v) is 4.66. The van der Waals surface area contributed by atoms with Crippen LogP contribution in [0.25, 0.3) is 0 Å². The average molecular weight is 508 g/mol. The van der Waals surface area contributed by atoms with Gasteiger partial charge in [-0.15, -0.1) is 0 Å². The number of urea groups is 1. The number of anilines is 2. The summed E-state index contributed by atoms with van der Waals surface area (Å²) < 4.78 is 15.3. The number of nitrogens with one attached hydrogen (secondary N) is 1. The highest BCUT2D eigenvalue weighted by Gasteiger charge is 2.55. The minimum absolute atomic E-state index is 0.222. The first-order valence-electron chi connectivity index (χ1n) is 12.0. The van der Waals surface area contributed by atoms with Gasteiger partial charge in [0.05, 0.1) is 18.2 Å². The number of benzene rings is 1. The van der Waals surface area contributed by atoms with E-state index in [9.17, 15) is 18.8 Å². The van der Waals surface area contributed by atoms with Crippen LogP contribution in [0.2, 0.25) is 0 Å². The predicted molar refractivity (Wildman–Crippen MR) is 136 cm³/mol. The van der Waals surface area contributed by atoms with E-state index < -0.39 is 35.8 Å². The number of nitrogens with zero attached hydrogens (tertiary/aromatic N) is 5. The molecule has 10 nitrogen and oxygen atoms in total. The highest BCUT2D eigenvalue weighted by molar-refractivity contribution is 6.12. The molecule has 2 aromatic heterocycles. The Hall–Kier alpha value is -4.28. The number of likely N-dealkylation sites (N-methyl/N-ethyl adjacent to an activating group) is 1. The van der Waals surface area contributed by atoms with Crippen LogP contribution in [0.15, 0.2) is 48.8 Å². The number of carbonyl (C=O) groups excluding carboxylic acids is 3. The lowest BCUT2D eigenvalue weighted by Crippen LogP contribution is -2.70. The number of halogens is 1. The fourth-order valence-electron chi connectivity index (χ4n) is 4.66. The van der Waals surface area contributed by atoms with Crippen molar-refractivity contribution >= 4 is 29.5 Å². The normalized spacial score (nSPS) is 17.8. The number of imide groups is 1. The number of amides is 4. The van der Waals surface area contributed by atoms with Gasteiger partial charge < -0.3 is 11.1 Å². The number of nitrogen functional groups attached to an aromatic ring is 1. The third-order valence-electron chi connectivity index (χ3n) is 6.75. The summed E-state index contributed by atoms with van der Waals surface area (Å²) >= 11 is 0. The van der Waals surface area contributed by atoms with E-state index in [1.165, 1.54) is 21.8 Å². The van der Waals surface area contributed by atoms with E-state index in [-0.39, 0.29) is 12.2 Å². The third kappa shape index (κ3) is 5.02. The number of hydrogen-bond acceptors (Lipinski definition) is 6. The van der Waals surface area contributed by atoms with Crippen LogP contribution < -0.4 is 16.0 Å². The Morgan fingerprint density at radius 1 is 1.22 bits per heavy atom. The van der Waals surface area contributed by atoms with Gasteiger partial charge in [-0.3, -0.25) is 24.1 Å². The molecule has 0 spiro atoms. The summed E-state index contributed by atoms with van der Waals surface area (Å²) in [6, 6.07) is 7.47. The van der Waals surface area contributed by atoms with E-state index in [1.807, 2.05) is 6.92 Å². The van der Waals surface area contributed by atoms with Gasteiger partial charge in [0.15, 0.2) is 0 Å². The van der Waals surface area contributed by atoms with Gasteiger partial charge in [-0.1, -0.05) is 19.1 Å². The largest absolute Gasteiger partial charge is 0.384 e. The molecule has 37 heavy (non-hydrogen) atoms. The van der Waals surface area contributed by atoms with E-state index in [0.29, 0.717) is 29.2 Å². The molecule has 1 saturated heterocycles. The summed E-state index contributed by atoms with van der Waals surface area (Å²) in [4.78, 5) is 46.6. The zero-order valence-electron chi connectivity index (χ0n) is 21.2. The predicted octanol–water partition coefficient (Wildman–Crippen LogP) is 2.74. The van der Waals surface area contributed by atoms with E-state index >= 15 is 0 Å². The second-order valence-electron chi connectivity index (χ2n) is 9.18. The number of β-lactam (4-membered cyclic amide) rings is 1. The van der Waals surface area contributed by atoms with Crippen LogP contribution in [0.5, 0.6) is 0 Å². The molecule has 1 aromatic carbocycles. The molecule has 0 bridgehead atoms. The Bertz CT molecular complexity index is 1340. The number of hydrogen-bond donors (Lipinski definition) is 2. The van der Waals surface area contributed by atoms with Gasteiger partial charge in [-0.25, -0.2) is 14.2 Å². The molecule has 11 heteroatoms. The van der Waals surface area contributed by atoms with Crippen molar-refractivity contribution in [3.63, 3.8) is 0 Å². The first-order chi connectivity index (χ1) is 17.6. The standard InChI is InChI=1S/C26H30FN7O3/c1-5-20(17-6-7-19(27)15(2)12-17)31-26(37)34-23(25(36)32(3)22-9-11-30-33(22)4)18(24(34)35)13-16-8-10-29-21(28)14-16/h6-12,14,18,20,23H,5,13H2,1-4H3,(H2,28,29)(H,31,37)/t18-,20-,23+/m1/s1. The second kappa shape index (κ2) is 10.4. The highest BCUT2D eigenvalue weighted by atomic mass is 19.1. The van der Waals surface area contributed by atoms with E-state index in [4.69, 9.17) is 5.73 Å². The average Bonchev–Trinajstić information content (AvgIpc) is 3.30. The maximum Gasteiger partial charge on any atom is 0.325 e. The lowest BCUT2D eigenvalue weighted by atomic mass is 9.81. The molecule has 0 radical (unpaired) electrons. The second-order valence-corrected chi connectivity index (χ2v) is 9.18. The molecule has 4 rings (SSSR count). The molecule has 1 aliphatic heterocycles. The van der Waals surface area contributed by atoms with Crippen LogP contribution in [0.3, 0.4) is 0 Å². The first-order valence-corrected chi connectivity index (χ1v) is 12.0. The molecule has 0 saturated carbocycles. The van der Waals surface area contributed by atoms with Gasteiger partial charge >= 0.3 is 6.03 Å². The van der Waals surface area contributed by atoms with Crippen LogP contribution >= 0.6 is 0 Å². The van der Waals surface area contributed by atoms with Crippen molar-refractivity contribution in [3.8, 4) is 0 Å². The highest BCUT2D eigenvalue weighted by Crippen LogP contribution is 2.33. The fraction of sp³-hybridized carbons (Fsp3) is 0.346. The van der Waals surface area contributed by atoms with Crippen molar-refractivity contribution in [1.82, 2.24) is 25.0 Å². The van der Waals surface area contributed by atoms with Crippen molar-refractivity contribution in [3.05, 3.63) is 71.3 Å². The van der Waals surface area contributed by atoms with Gasteiger partial charge in [0.2, 0.25) is 5.91 Å². The van der Waals surface area contributed by atoms with Crippen molar-refractivity contribution < 1.29 is 18.8 Å². The smallest absolute Gasteiger partial charge is 0.325 e. The molecule has 3 N–H and O–H groups in total. The van der Waals surface area contributed by atoms with Gasteiger partial charge in [0.25, 0.3) is 5.91 Å². The number of carbonyl (C=O) groups is 3. The van der Waals surface area contributed by atoms with E-state index in [2.05, 4.69) is 15.4 Å². The van der Waals surface area contributed by atoms with Gasteiger partial charge in [-0.05, 0) is 54.7 Å². The summed E-state index contributed by atoms with van der Waals surface area (Å²) in [6.45, 7) is 3.52. The molecule has 3 atom stereocenters. The lowest BCUT2D eigenvalue weighted by molar-refractivity contribution is -0.156. The van der Waals surface area contributed by atoms with E-state index in [1.54, 1.807) is 57.5 Å². The van der Waals surface area contributed by atoms with Crippen molar-refractivity contribution in [2.75, 3.05) is 17.7 Å². The number of likely N-dealkylation sites (tertiary alicyclic amines) is 1. The summed E-state index contributed by atoms with van der Waals surface area (Å²) in [5, 5.41) is 6.95. The van der Waals surface area contributed by atoms with Crippen molar-refractivity contribution in [2.24, 2.45) is 13.0 Å². The Morgan fingerprint density at radius 2 is 1.97 bits per heavy atom.